The number of carbonyl (C=O) groups excluding carboxylic acids is 1. The maximum atomic E-state index is 11.5. The number of nitrogens with one attached hydrogen (secondary N) is 1. The third-order valence-corrected chi connectivity index (χ3v) is 3.92. The molecule has 112 valence electrons. The van der Waals surface area contributed by atoms with Crippen molar-refractivity contribution in [3.63, 3.8) is 0 Å². The van der Waals surface area contributed by atoms with E-state index < -0.39 is 0 Å². The molecule has 3 heteroatoms. The van der Waals surface area contributed by atoms with Crippen LogP contribution in [0.3, 0.4) is 0 Å². The van der Waals surface area contributed by atoms with E-state index in [2.05, 4.69) is 41.5 Å². The number of carbonyl (C=O) groups is 1. The molecule has 22 heavy (non-hydrogen) atoms. The van der Waals surface area contributed by atoms with Crippen LogP contribution < -0.4 is 5.32 Å². The minimum Gasteiger partial charge on any atom is -0.326 e. The highest BCUT2D eigenvalue weighted by atomic mass is 16.1. The average molecular weight is 292 g/mol. The molecule has 1 N–H and O–H groups in total. The molecule has 3 nitrogen and oxygen atoms in total. The number of hydrogen-bond donors (Lipinski definition) is 1. The highest BCUT2D eigenvalue weighted by Gasteiger charge is 2.15. The third kappa shape index (κ3) is 3.25. The Morgan fingerprint density at radius 3 is 3.00 bits per heavy atom. The summed E-state index contributed by atoms with van der Waals surface area (Å²) < 4.78 is 0. The summed E-state index contributed by atoms with van der Waals surface area (Å²) in [5, 5.41) is 2.94. The van der Waals surface area contributed by atoms with E-state index >= 15 is 0 Å². The zero-order valence-electron chi connectivity index (χ0n) is 12.8. The van der Waals surface area contributed by atoms with Gasteiger partial charge < -0.3 is 5.32 Å². The van der Waals surface area contributed by atoms with Crippen LogP contribution in [0, 0.1) is 0 Å². The Labute approximate surface area is 131 Å². The van der Waals surface area contributed by atoms with Crippen LogP contribution in [0.25, 0.3) is 11.6 Å². The van der Waals surface area contributed by atoms with E-state index in [1.54, 1.807) is 6.20 Å². The van der Waals surface area contributed by atoms with Gasteiger partial charge in [0.2, 0.25) is 5.91 Å². The first-order valence-electron chi connectivity index (χ1n) is 7.80. The van der Waals surface area contributed by atoms with Crippen LogP contribution in [0.5, 0.6) is 0 Å². The zero-order chi connectivity index (χ0) is 15.4. The predicted octanol–water partition coefficient (Wildman–Crippen LogP) is 4.31. The van der Waals surface area contributed by atoms with Crippen molar-refractivity contribution in [2.24, 2.45) is 0 Å². The molecule has 1 aliphatic heterocycles. The summed E-state index contributed by atoms with van der Waals surface area (Å²) >= 11 is 0. The molecule has 1 aromatic carbocycles. The zero-order valence-corrected chi connectivity index (χ0v) is 12.8. The molecule has 0 saturated heterocycles. The maximum absolute atomic E-state index is 11.5. The van der Waals surface area contributed by atoms with Crippen molar-refractivity contribution in [3.8, 4) is 0 Å². The van der Waals surface area contributed by atoms with Crippen LogP contribution in [0.4, 0.5) is 5.69 Å². The molecule has 0 saturated carbocycles. The number of hydrogen-bond acceptors (Lipinski definition) is 2. The second kappa shape index (κ2) is 6.56. The molecule has 3 rings (SSSR count). The van der Waals surface area contributed by atoms with Gasteiger partial charge in [0.25, 0.3) is 0 Å². The van der Waals surface area contributed by atoms with Gasteiger partial charge in [-0.15, -0.1) is 0 Å². The van der Waals surface area contributed by atoms with Gasteiger partial charge in [0.1, 0.15) is 0 Å². The molecule has 0 unspecified atom stereocenters. The number of aromatic nitrogens is 1. The maximum Gasteiger partial charge on any atom is 0.224 e. The first kappa shape index (κ1) is 14.5. The summed E-state index contributed by atoms with van der Waals surface area (Å²) in [6, 6.07) is 10.4. The number of pyridine rings is 1. The van der Waals surface area contributed by atoms with Crippen molar-refractivity contribution in [1.82, 2.24) is 4.98 Å². The molecular weight excluding hydrogens is 272 g/mol. The van der Waals surface area contributed by atoms with Gasteiger partial charge >= 0.3 is 0 Å². The second-order valence-corrected chi connectivity index (χ2v) is 5.63. The van der Waals surface area contributed by atoms with Gasteiger partial charge in [-0.3, -0.25) is 9.78 Å². The molecule has 1 aliphatic rings. The Hall–Kier alpha value is -2.42. The van der Waals surface area contributed by atoms with Gasteiger partial charge in [0.05, 0.1) is 0 Å². The fourth-order valence-electron chi connectivity index (χ4n) is 2.81. The van der Waals surface area contributed by atoms with Crippen LogP contribution in [0.1, 0.15) is 42.9 Å². The van der Waals surface area contributed by atoms with Crippen LogP contribution in [0.2, 0.25) is 0 Å². The van der Waals surface area contributed by atoms with E-state index in [1.165, 1.54) is 16.7 Å². The molecule has 0 fully saturated rings. The lowest BCUT2D eigenvalue weighted by Gasteiger charge is -2.18. The van der Waals surface area contributed by atoms with E-state index in [-0.39, 0.29) is 5.91 Å². The topological polar surface area (TPSA) is 42.0 Å². The number of allylic oxidation sites excluding steroid dienone is 1. The van der Waals surface area contributed by atoms with Gasteiger partial charge in [0.15, 0.2) is 0 Å². The van der Waals surface area contributed by atoms with Crippen molar-refractivity contribution >= 4 is 23.2 Å². The van der Waals surface area contributed by atoms with Crippen LogP contribution >= 0.6 is 0 Å². The lowest BCUT2D eigenvalue weighted by Crippen LogP contribution is -2.18. The second-order valence-electron chi connectivity index (χ2n) is 5.63. The van der Waals surface area contributed by atoms with Crippen molar-refractivity contribution in [2.45, 2.75) is 32.6 Å². The number of nitrogens with zero attached hydrogens (tertiary/aromatic N) is 1. The third-order valence-electron chi connectivity index (χ3n) is 3.92. The van der Waals surface area contributed by atoms with Gasteiger partial charge in [-0.1, -0.05) is 25.5 Å². The molecule has 0 spiro atoms. The number of amides is 1. The van der Waals surface area contributed by atoms with E-state index in [1.807, 2.05) is 18.3 Å². The quantitative estimate of drug-likeness (QED) is 0.912. The Kier molecular flexibility index (Phi) is 4.33. The molecule has 1 aromatic heterocycles. The first-order valence-corrected chi connectivity index (χ1v) is 7.80. The van der Waals surface area contributed by atoms with E-state index in [0.717, 1.165) is 30.5 Å². The van der Waals surface area contributed by atoms with Gasteiger partial charge in [-0.25, -0.2) is 0 Å². The van der Waals surface area contributed by atoms with Crippen molar-refractivity contribution < 1.29 is 4.79 Å². The van der Waals surface area contributed by atoms with Crippen molar-refractivity contribution in [1.29, 1.82) is 0 Å². The lowest BCUT2D eigenvalue weighted by atomic mass is 9.94. The molecule has 2 aromatic rings. The van der Waals surface area contributed by atoms with E-state index in [4.69, 9.17) is 0 Å². The number of anilines is 1. The SMILES string of the molecule is CCCC(=Cc1cccnc1)c1ccc2c(c1)CCC(=O)N2. The van der Waals surface area contributed by atoms with Crippen LogP contribution in [-0.2, 0) is 11.2 Å². The number of fused-ring (bicyclic) bond motifs is 1. The van der Waals surface area contributed by atoms with E-state index in [9.17, 15) is 4.79 Å². The number of aryl methyl sites for hydroxylation is 1. The average Bonchev–Trinajstić information content (AvgIpc) is 2.55. The predicted molar refractivity (Wildman–Crippen MR) is 90.4 cm³/mol. The largest absolute Gasteiger partial charge is 0.326 e. The Morgan fingerprint density at radius 1 is 1.32 bits per heavy atom. The van der Waals surface area contributed by atoms with Gasteiger partial charge in [-0.05, 0) is 59.4 Å². The first-order chi connectivity index (χ1) is 10.8. The summed E-state index contributed by atoms with van der Waals surface area (Å²) in [7, 11) is 0. The summed E-state index contributed by atoms with van der Waals surface area (Å²) in [6.45, 7) is 2.19. The molecule has 0 atom stereocenters. The smallest absolute Gasteiger partial charge is 0.224 e. The summed E-state index contributed by atoms with van der Waals surface area (Å²) in [5.74, 6) is 0.111. The fourth-order valence-corrected chi connectivity index (χ4v) is 2.81. The van der Waals surface area contributed by atoms with Gasteiger partial charge in [0, 0.05) is 24.5 Å². The molecule has 2 heterocycles. The minimum absolute atomic E-state index is 0.111. The molecule has 0 radical (unpaired) electrons. The molecule has 0 aliphatic carbocycles. The summed E-state index contributed by atoms with van der Waals surface area (Å²) in [4.78, 5) is 15.6. The Bertz CT molecular complexity index is 705. The number of benzene rings is 1. The van der Waals surface area contributed by atoms with Gasteiger partial charge in [-0.2, -0.15) is 0 Å². The van der Waals surface area contributed by atoms with Crippen LogP contribution in [-0.4, -0.2) is 10.9 Å². The van der Waals surface area contributed by atoms with Crippen molar-refractivity contribution in [3.05, 3.63) is 59.4 Å². The molecule has 0 bridgehead atoms. The van der Waals surface area contributed by atoms with Crippen molar-refractivity contribution in [2.75, 3.05) is 5.32 Å². The normalized spacial score (nSPS) is 14.4. The van der Waals surface area contributed by atoms with Crippen LogP contribution in [0.15, 0.2) is 42.7 Å². The fraction of sp³-hybridized carbons (Fsp3) is 0.263. The highest BCUT2D eigenvalue weighted by molar-refractivity contribution is 5.94. The Balaban J connectivity index is 1.95. The molecule has 1 amide bonds. The monoisotopic (exact) mass is 292 g/mol. The van der Waals surface area contributed by atoms with E-state index in [0.29, 0.717) is 6.42 Å². The number of rotatable bonds is 4. The summed E-state index contributed by atoms with van der Waals surface area (Å²) in [6.07, 6.45) is 9.40. The highest BCUT2D eigenvalue weighted by Crippen LogP contribution is 2.29. The minimum atomic E-state index is 0.111. The summed E-state index contributed by atoms with van der Waals surface area (Å²) in [5.41, 5.74) is 5.86. The lowest BCUT2D eigenvalue weighted by molar-refractivity contribution is -0.116. The molecular formula is C19H20N2O. The standard InChI is InChI=1S/C19H20N2O/c1-2-4-15(11-14-5-3-10-20-13-14)16-6-8-18-17(12-16)7-9-19(22)21-18/h3,5-6,8,10-13H,2,4,7,9H2,1H3,(H,21,22). The Morgan fingerprint density at radius 2 is 2.23 bits per heavy atom.